The first-order valence-electron chi connectivity index (χ1n) is 9.61. The van der Waals surface area contributed by atoms with E-state index in [9.17, 15) is 0 Å². The predicted molar refractivity (Wildman–Crippen MR) is 99.9 cm³/mol. The number of imidazole rings is 1. The molecule has 0 atom stereocenters. The molecule has 1 N–H and O–H groups in total. The number of hydrogen-bond acceptors (Lipinski definition) is 3. The summed E-state index contributed by atoms with van der Waals surface area (Å²) in [5.41, 5.74) is 2.44. The minimum atomic E-state index is 0.313. The van der Waals surface area contributed by atoms with Crippen molar-refractivity contribution in [1.82, 2.24) is 19.8 Å². The Balaban J connectivity index is 1.86. The molecular formula is C20H36N4. The van der Waals surface area contributed by atoms with E-state index in [2.05, 4.69) is 54.5 Å². The largest absolute Gasteiger partial charge is 0.347 e. The van der Waals surface area contributed by atoms with Gasteiger partial charge >= 0.3 is 0 Å². The first-order valence-corrected chi connectivity index (χ1v) is 9.61. The highest BCUT2D eigenvalue weighted by atomic mass is 15.3. The van der Waals surface area contributed by atoms with Crippen LogP contribution in [-0.4, -0.2) is 52.0 Å². The highest BCUT2D eigenvalue weighted by molar-refractivity contribution is 5.04. The van der Waals surface area contributed by atoms with E-state index in [1.165, 1.54) is 50.9 Å². The Labute approximate surface area is 148 Å². The SMILES string of the molecule is CN1CCN(Cc2cnc[nH]2)C2(CCC(C)(C)CC(C)(C)CC2)C1. The molecule has 3 rings (SSSR count). The number of rotatable bonds is 2. The van der Waals surface area contributed by atoms with Gasteiger partial charge in [-0.25, -0.2) is 4.98 Å². The van der Waals surface area contributed by atoms with Crippen LogP contribution in [0.15, 0.2) is 12.5 Å². The summed E-state index contributed by atoms with van der Waals surface area (Å²) < 4.78 is 0. The number of likely N-dealkylation sites (N-methyl/N-ethyl adjacent to an activating group) is 1. The van der Waals surface area contributed by atoms with Gasteiger partial charge in [0.05, 0.1) is 6.33 Å². The Kier molecular flexibility index (Phi) is 4.82. The van der Waals surface area contributed by atoms with Gasteiger partial charge in [0.25, 0.3) is 0 Å². The van der Waals surface area contributed by atoms with Crippen molar-refractivity contribution in [1.29, 1.82) is 0 Å². The predicted octanol–water partition coefficient (Wildman–Crippen LogP) is 3.91. The molecule has 0 amide bonds. The zero-order chi connectivity index (χ0) is 17.4. The number of hydrogen-bond donors (Lipinski definition) is 1. The Morgan fingerprint density at radius 2 is 1.71 bits per heavy atom. The molecule has 0 aromatic carbocycles. The molecule has 1 spiro atoms. The number of H-pyrrole nitrogens is 1. The third-order valence-corrected chi connectivity index (χ3v) is 6.39. The molecule has 24 heavy (non-hydrogen) atoms. The fourth-order valence-electron chi connectivity index (χ4n) is 5.25. The minimum absolute atomic E-state index is 0.313. The normalized spacial score (nSPS) is 27.7. The highest BCUT2D eigenvalue weighted by Gasteiger charge is 2.44. The van der Waals surface area contributed by atoms with Gasteiger partial charge in [-0.05, 0) is 50.0 Å². The first kappa shape index (κ1) is 17.9. The van der Waals surface area contributed by atoms with E-state index < -0.39 is 0 Å². The lowest BCUT2D eigenvalue weighted by molar-refractivity contribution is -0.0395. The summed E-state index contributed by atoms with van der Waals surface area (Å²) in [5.74, 6) is 0. The van der Waals surface area contributed by atoms with Gasteiger partial charge in [0, 0.05) is 43.6 Å². The van der Waals surface area contributed by atoms with Gasteiger partial charge in [-0.3, -0.25) is 4.90 Å². The monoisotopic (exact) mass is 332 g/mol. The molecule has 1 aliphatic carbocycles. The quantitative estimate of drug-likeness (QED) is 0.892. The Morgan fingerprint density at radius 3 is 2.29 bits per heavy atom. The average Bonchev–Trinajstić information content (AvgIpc) is 2.97. The van der Waals surface area contributed by atoms with E-state index in [4.69, 9.17) is 0 Å². The molecule has 4 nitrogen and oxygen atoms in total. The third-order valence-electron chi connectivity index (χ3n) is 6.39. The highest BCUT2D eigenvalue weighted by Crippen LogP contribution is 2.47. The Hall–Kier alpha value is -0.870. The van der Waals surface area contributed by atoms with Crippen LogP contribution in [0.2, 0.25) is 0 Å². The molecule has 2 heterocycles. The van der Waals surface area contributed by atoms with Crippen molar-refractivity contribution in [3.8, 4) is 0 Å². The van der Waals surface area contributed by atoms with Gasteiger partial charge in [0.2, 0.25) is 0 Å². The van der Waals surface area contributed by atoms with Crippen LogP contribution in [0.4, 0.5) is 0 Å². The van der Waals surface area contributed by atoms with Crippen LogP contribution in [0.3, 0.4) is 0 Å². The fourth-order valence-corrected chi connectivity index (χ4v) is 5.25. The molecule has 136 valence electrons. The average molecular weight is 333 g/mol. The summed E-state index contributed by atoms with van der Waals surface area (Å²) in [6.45, 7) is 14.4. The zero-order valence-electron chi connectivity index (χ0n) is 16.4. The standard InChI is InChI=1S/C20H36N4/c1-18(2)6-8-20(9-7-19(3,4)14-18)15-23(5)10-11-24(20)13-17-12-21-16-22-17/h12,16H,6-11,13-15H2,1-5H3,(H,21,22). The van der Waals surface area contributed by atoms with Crippen molar-refractivity contribution in [2.45, 2.75) is 71.9 Å². The minimum Gasteiger partial charge on any atom is -0.347 e. The fraction of sp³-hybridized carbons (Fsp3) is 0.850. The molecule has 1 aromatic rings. The molecule has 4 heteroatoms. The number of nitrogens with zero attached hydrogens (tertiary/aromatic N) is 3. The number of aromatic amines is 1. The van der Waals surface area contributed by atoms with Crippen LogP contribution in [-0.2, 0) is 6.54 Å². The second-order valence-corrected chi connectivity index (χ2v) is 9.97. The molecule has 1 saturated heterocycles. The molecule has 0 unspecified atom stereocenters. The molecule has 2 fully saturated rings. The van der Waals surface area contributed by atoms with Gasteiger partial charge in [0.15, 0.2) is 0 Å². The van der Waals surface area contributed by atoms with E-state index in [-0.39, 0.29) is 0 Å². The molecular weight excluding hydrogens is 296 g/mol. The van der Waals surface area contributed by atoms with Crippen molar-refractivity contribution in [2.24, 2.45) is 10.8 Å². The molecule has 1 aliphatic heterocycles. The van der Waals surface area contributed by atoms with E-state index in [0.717, 1.165) is 13.1 Å². The lowest BCUT2D eigenvalue weighted by Gasteiger charge is -2.54. The Bertz CT molecular complexity index is 514. The summed E-state index contributed by atoms with van der Waals surface area (Å²) in [4.78, 5) is 12.8. The van der Waals surface area contributed by atoms with Crippen LogP contribution in [0.5, 0.6) is 0 Å². The maximum Gasteiger partial charge on any atom is 0.0922 e. The smallest absolute Gasteiger partial charge is 0.0922 e. The lowest BCUT2D eigenvalue weighted by Crippen LogP contribution is -2.62. The first-order chi connectivity index (χ1) is 11.2. The number of aromatic nitrogens is 2. The van der Waals surface area contributed by atoms with Gasteiger partial charge in [-0.1, -0.05) is 27.7 Å². The maximum absolute atomic E-state index is 4.22. The van der Waals surface area contributed by atoms with Crippen LogP contribution < -0.4 is 0 Å². The van der Waals surface area contributed by atoms with Crippen molar-refractivity contribution >= 4 is 0 Å². The lowest BCUT2D eigenvalue weighted by atomic mass is 9.64. The summed E-state index contributed by atoms with van der Waals surface area (Å²) in [5, 5.41) is 0. The van der Waals surface area contributed by atoms with Gasteiger partial charge in [-0.15, -0.1) is 0 Å². The second kappa shape index (κ2) is 6.45. The van der Waals surface area contributed by atoms with Crippen LogP contribution in [0.1, 0.15) is 65.5 Å². The number of piperazine rings is 1. The molecule has 1 aromatic heterocycles. The van der Waals surface area contributed by atoms with Crippen molar-refractivity contribution in [2.75, 3.05) is 26.7 Å². The molecule has 0 radical (unpaired) electrons. The summed E-state index contributed by atoms with van der Waals surface area (Å²) in [7, 11) is 2.30. The summed E-state index contributed by atoms with van der Waals surface area (Å²) in [6, 6.07) is 0. The van der Waals surface area contributed by atoms with Crippen LogP contribution in [0.25, 0.3) is 0 Å². The second-order valence-electron chi connectivity index (χ2n) is 9.97. The van der Waals surface area contributed by atoms with Gasteiger partial charge in [0.1, 0.15) is 0 Å². The van der Waals surface area contributed by atoms with Crippen LogP contribution >= 0.6 is 0 Å². The zero-order valence-corrected chi connectivity index (χ0v) is 16.4. The van der Waals surface area contributed by atoms with E-state index in [1.54, 1.807) is 0 Å². The van der Waals surface area contributed by atoms with E-state index in [0.29, 0.717) is 16.4 Å². The Morgan fingerprint density at radius 1 is 1.04 bits per heavy atom. The van der Waals surface area contributed by atoms with Crippen molar-refractivity contribution in [3.63, 3.8) is 0 Å². The van der Waals surface area contributed by atoms with Crippen LogP contribution in [0, 0.1) is 10.8 Å². The van der Waals surface area contributed by atoms with Crippen molar-refractivity contribution in [3.05, 3.63) is 18.2 Å². The summed E-state index contributed by atoms with van der Waals surface area (Å²) >= 11 is 0. The van der Waals surface area contributed by atoms with Gasteiger partial charge < -0.3 is 9.88 Å². The topological polar surface area (TPSA) is 35.2 Å². The van der Waals surface area contributed by atoms with E-state index in [1.807, 2.05) is 12.5 Å². The van der Waals surface area contributed by atoms with E-state index >= 15 is 0 Å². The van der Waals surface area contributed by atoms with Crippen molar-refractivity contribution < 1.29 is 0 Å². The maximum atomic E-state index is 4.22. The third kappa shape index (κ3) is 4.02. The molecule has 0 bridgehead atoms. The molecule has 1 saturated carbocycles. The van der Waals surface area contributed by atoms with Gasteiger partial charge in [-0.2, -0.15) is 0 Å². The number of nitrogens with one attached hydrogen (secondary N) is 1. The summed E-state index contributed by atoms with van der Waals surface area (Å²) in [6.07, 6.45) is 10.4. The molecule has 2 aliphatic rings.